The van der Waals surface area contributed by atoms with Crippen molar-refractivity contribution >= 4 is 7.37 Å². The number of phenolic OH excluding ortho intramolecular Hbond substituents is 2. The zero-order chi connectivity index (χ0) is 30.6. The maximum Gasteiger partial charge on any atom is 0.215 e. The van der Waals surface area contributed by atoms with Gasteiger partial charge in [-0.25, -0.2) is 0 Å². The summed E-state index contributed by atoms with van der Waals surface area (Å²) in [6, 6.07) is 7.78. The van der Waals surface area contributed by atoms with Crippen molar-refractivity contribution in [3.8, 4) is 11.5 Å². The normalized spacial score (nSPS) is 15.4. The fourth-order valence-corrected chi connectivity index (χ4v) is 8.23. The highest BCUT2D eigenvalue weighted by molar-refractivity contribution is 7.58. The molecule has 0 aliphatic carbocycles. The molecular formula is C34H55O4P. The Morgan fingerprint density at radius 1 is 0.590 bits per heavy atom. The number of benzene rings is 2. The zero-order valence-corrected chi connectivity index (χ0v) is 28.0. The van der Waals surface area contributed by atoms with E-state index in [1.807, 2.05) is 38.1 Å². The molecule has 0 aliphatic heterocycles. The minimum atomic E-state index is -3.86. The first-order valence-corrected chi connectivity index (χ1v) is 16.2. The van der Waals surface area contributed by atoms with E-state index in [9.17, 15) is 19.7 Å². The van der Waals surface area contributed by atoms with Crippen LogP contribution in [0, 0.1) is 0 Å². The van der Waals surface area contributed by atoms with Gasteiger partial charge in [-0.05, 0) is 67.9 Å². The SMILES string of the molecule is CCC(CC)(c1cc(C(C)(C)C)c(O)c(C(C)(C)C)c1)P(=O)(O)Cc1cc(C(C)(C)C)c(O)c(C(C)(C)C)c1. The number of aromatic hydroxyl groups is 2. The summed E-state index contributed by atoms with van der Waals surface area (Å²) in [5.74, 6) is 0.544. The van der Waals surface area contributed by atoms with Crippen molar-refractivity contribution in [2.24, 2.45) is 0 Å². The highest BCUT2D eigenvalue weighted by Crippen LogP contribution is 2.66. The summed E-state index contributed by atoms with van der Waals surface area (Å²) in [6.45, 7) is 28.7. The molecule has 0 fully saturated rings. The van der Waals surface area contributed by atoms with Crippen LogP contribution in [0.5, 0.6) is 11.5 Å². The van der Waals surface area contributed by atoms with E-state index in [1.54, 1.807) is 0 Å². The number of hydrogen-bond acceptors (Lipinski definition) is 3. The third-order valence-corrected chi connectivity index (χ3v) is 11.3. The molecule has 0 heterocycles. The Hall–Kier alpha value is -1.77. The van der Waals surface area contributed by atoms with Crippen LogP contribution < -0.4 is 0 Å². The van der Waals surface area contributed by atoms with Crippen LogP contribution in [0.25, 0.3) is 0 Å². The number of rotatable bonds is 6. The average Bonchev–Trinajstić information content (AvgIpc) is 2.73. The highest BCUT2D eigenvalue weighted by Gasteiger charge is 2.47. The van der Waals surface area contributed by atoms with E-state index in [4.69, 9.17) is 0 Å². The zero-order valence-electron chi connectivity index (χ0n) is 27.1. The lowest BCUT2D eigenvalue weighted by Crippen LogP contribution is -2.28. The van der Waals surface area contributed by atoms with E-state index in [2.05, 4.69) is 83.1 Å². The molecule has 0 aliphatic rings. The van der Waals surface area contributed by atoms with Crippen LogP contribution >= 0.6 is 7.37 Å². The van der Waals surface area contributed by atoms with E-state index in [1.165, 1.54) is 0 Å². The maximum absolute atomic E-state index is 14.7. The summed E-state index contributed by atoms with van der Waals surface area (Å²) in [5.41, 5.74) is 3.43. The monoisotopic (exact) mass is 558 g/mol. The molecule has 5 heteroatoms. The summed E-state index contributed by atoms with van der Waals surface area (Å²) in [7, 11) is -3.86. The minimum absolute atomic E-state index is 0.0116. The molecule has 0 saturated carbocycles. The van der Waals surface area contributed by atoms with Gasteiger partial charge in [0.25, 0.3) is 0 Å². The summed E-state index contributed by atoms with van der Waals surface area (Å²) < 4.78 is 14.7. The van der Waals surface area contributed by atoms with Crippen molar-refractivity contribution in [3.63, 3.8) is 0 Å². The lowest BCUT2D eigenvalue weighted by molar-refractivity contribution is 0.397. The Kier molecular flexibility index (Phi) is 9.06. The molecule has 1 atom stereocenters. The molecule has 0 amide bonds. The molecule has 4 nitrogen and oxygen atoms in total. The van der Waals surface area contributed by atoms with Gasteiger partial charge in [0.2, 0.25) is 7.37 Å². The molecule has 3 N–H and O–H groups in total. The van der Waals surface area contributed by atoms with Gasteiger partial charge >= 0.3 is 0 Å². The van der Waals surface area contributed by atoms with Gasteiger partial charge < -0.3 is 15.1 Å². The van der Waals surface area contributed by atoms with Gasteiger partial charge in [-0.2, -0.15) is 0 Å². The van der Waals surface area contributed by atoms with Crippen molar-refractivity contribution in [1.82, 2.24) is 0 Å². The fraction of sp³-hybridized carbons (Fsp3) is 0.647. The fourth-order valence-electron chi connectivity index (χ4n) is 5.73. The maximum atomic E-state index is 14.7. The first-order valence-electron chi connectivity index (χ1n) is 14.4. The number of hydrogen-bond donors (Lipinski definition) is 3. The van der Waals surface area contributed by atoms with Gasteiger partial charge in [-0.3, -0.25) is 4.57 Å². The molecule has 220 valence electrons. The largest absolute Gasteiger partial charge is 0.507 e. The third kappa shape index (κ3) is 6.59. The second-order valence-electron chi connectivity index (χ2n) is 15.6. The Labute approximate surface area is 238 Å². The van der Waals surface area contributed by atoms with Gasteiger partial charge in [-0.15, -0.1) is 0 Å². The molecule has 0 bridgehead atoms. The molecule has 2 aromatic rings. The minimum Gasteiger partial charge on any atom is -0.507 e. The van der Waals surface area contributed by atoms with Crippen LogP contribution in [0.3, 0.4) is 0 Å². The van der Waals surface area contributed by atoms with Crippen molar-refractivity contribution < 1.29 is 19.7 Å². The molecular weight excluding hydrogens is 503 g/mol. The predicted octanol–water partition coefficient (Wildman–Crippen LogP) is 9.77. The van der Waals surface area contributed by atoms with Gasteiger partial charge in [0, 0.05) is 0 Å². The lowest BCUT2D eigenvalue weighted by Gasteiger charge is -2.39. The molecule has 2 rings (SSSR count). The molecule has 0 spiro atoms. The summed E-state index contributed by atoms with van der Waals surface area (Å²) in [4.78, 5) is 12.1. The molecule has 39 heavy (non-hydrogen) atoms. The second kappa shape index (κ2) is 10.6. The predicted molar refractivity (Wildman–Crippen MR) is 167 cm³/mol. The van der Waals surface area contributed by atoms with Crippen molar-refractivity contribution in [2.45, 2.75) is 143 Å². The van der Waals surface area contributed by atoms with Gasteiger partial charge in [-0.1, -0.05) is 121 Å². The van der Waals surface area contributed by atoms with Crippen molar-refractivity contribution in [3.05, 3.63) is 57.6 Å². The average molecular weight is 559 g/mol. The Morgan fingerprint density at radius 3 is 1.13 bits per heavy atom. The van der Waals surface area contributed by atoms with Gasteiger partial charge in [0.05, 0.1) is 11.3 Å². The van der Waals surface area contributed by atoms with Crippen molar-refractivity contribution in [1.29, 1.82) is 0 Å². The van der Waals surface area contributed by atoms with E-state index in [0.717, 1.165) is 33.4 Å². The van der Waals surface area contributed by atoms with E-state index in [-0.39, 0.29) is 39.3 Å². The Balaban J connectivity index is 2.89. The Bertz CT molecular complexity index is 1170. The second-order valence-corrected chi connectivity index (χ2v) is 18.1. The molecule has 0 saturated heterocycles. The molecule has 2 aromatic carbocycles. The first-order chi connectivity index (χ1) is 17.3. The van der Waals surface area contributed by atoms with Crippen LogP contribution in [0.15, 0.2) is 24.3 Å². The van der Waals surface area contributed by atoms with Gasteiger partial charge in [0.15, 0.2) is 0 Å². The molecule has 0 radical (unpaired) electrons. The van der Waals surface area contributed by atoms with Crippen LogP contribution in [0.1, 0.15) is 143 Å². The highest BCUT2D eigenvalue weighted by atomic mass is 31.2. The summed E-state index contributed by atoms with van der Waals surface area (Å²) in [5, 5.41) is 21.5. The van der Waals surface area contributed by atoms with Crippen LogP contribution in [-0.4, -0.2) is 15.1 Å². The van der Waals surface area contributed by atoms with E-state index in [0.29, 0.717) is 12.8 Å². The summed E-state index contributed by atoms with van der Waals surface area (Å²) >= 11 is 0. The van der Waals surface area contributed by atoms with E-state index >= 15 is 0 Å². The third-order valence-electron chi connectivity index (χ3n) is 8.28. The molecule has 0 aromatic heterocycles. The van der Waals surface area contributed by atoms with Crippen LogP contribution in [0.2, 0.25) is 0 Å². The Morgan fingerprint density at radius 2 is 0.872 bits per heavy atom. The van der Waals surface area contributed by atoms with Crippen LogP contribution in [0.4, 0.5) is 0 Å². The number of phenols is 2. The lowest BCUT2D eigenvalue weighted by atomic mass is 9.76. The van der Waals surface area contributed by atoms with Crippen LogP contribution in [-0.2, 0) is 37.5 Å². The molecule has 1 unspecified atom stereocenters. The first kappa shape index (κ1) is 33.4. The quantitative estimate of drug-likeness (QED) is 0.308. The van der Waals surface area contributed by atoms with Gasteiger partial charge in [0.1, 0.15) is 11.5 Å². The summed E-state index contributed by atoms with van der Waals surface area (Å²) in [6.07, 6.45) is 0.995. The van der Waals surface area contributed by atoms with Crippen molar-refractivity contribution in [2.75, 3.05) is 0 Å². The standard InChI is InChI=1S/C34H55O4P/c1-15-34(16-2,23-19-26(32(9,10)11)29(36)27(20-23)33(12,13)14)39(37,38)21-22-17-24(30(3,4)5)28(35)25(18-22)31(6,7)8/h17-20,35-36H,15-16,21H2,1-14H3,(H,37,38). The topological polar surface area (TPSA) is 77.8 Å². The van der Waals surface area contributed by atoms with E-state index < -0.39 is 12.5 Å². The smallest absolute Gasteiger partial charge is 0.215 e.